The minimum atomic E-state index is 0.406. The normalized spacial score (nSPS) is 18.6. The van der Waals surface area contributed by atoms with Gasteiger partial charge in [-0.15, -0.1) is 21.5 Å². The van der Waals surface area contributed by atoms with Gasteiger partial charge in [0.25, 0.3) is 0 Å². The van der Waals surface area contributed by atoms with Gasteiger partial charge in [0.05, 0.1) is 20.8 Å². The summed E-state index contributed by atoms with van der Waals surface area (Å²) in [6, 6.07) is 6.62. The van der Waals surface area contributed by atoms with Crippen LogP contribution in [0, 0.1) is 6.92 Å². The van der Waals surface area contributed by atoms with Crippen molar-refractivity contribution in [2.45, 2.75) is 32.4 Å². The van der Waals surface area contributed by atoms with Crippen LogP contribution in [0.1, 0.15) is 34.5 Å². The molecule has 1 aliphatic heterocycles. The molecule has 1 saturated heterocycles. The van der Waals surface area contributed by atoms with Crippen LogP contribution in [0.4, 0.5) is 0 Å². The van der Waals surface area contributed by atoms with E-state index in [2.05, 4.69) is 27.2 Å². The molecule has 3 rings (SSSR count). The summed E-state index contributed by atoms with van der Waals surface area (Å²) in [6.45, 7) is 3.96. The van der Waals surface area contributed by atoms with Crippen molar-refractivity contribution in [3.05, 3.63) is 33.8 Å². The molecule has 2 heterocycles. The van der Waals surface area contributed by atoms with Gasteiger partial charge in [0.1, 0.15) is 10.0 Å². The third-order valence-corrected chi connectivity index (χ3v) is 4.89. The molecule has 22 heavy (non-hydrogen) atoms. The summed E-state index contributed by atoms with van der Waals surface area (Å²) in [6.07, 6.45) is 2.37. The zero-order valence-corrected chi connectivity index (χ0v) is 14.0. The molecule has 118 valence electrons. The zero-order chi connectivity index (χ0) is 15.5. The first kappa shape index (κ1) is 15.2. The highest BCUT2D eigenvalue weighted by atomic mass is 32.1. The summed E-state index contributed by atoms with van der Waals surface area (Å²) >= 11 is 1.68. The Kier molecular flexibility index (Phi) is 4.59. The number of hydrogen-bond donors (Lipinski definition) is 0. The topological polar surface area (TPSA) is 47.5 Å². The minimum Gasteiger partial charge on any atom is -0.493 e. The van der Waals surface area contributed by atoms with E-state index in [0.29, 0.717) is 6.04 Å². The molecule has 1 aromatic carbocycles. The van der Waals surface area contributed by atoms with E-state index in [9.17, 15) is 0 Å². The van der Waals surface area contributed by atoms with Crippen LogP contribution in [0.5, 0.6) is 11.5 Å². The number of methoxy groups -OCH3 is 2. The maximum absolute atomic E-state index is 5.43. The van der Waals surface area contributed by atoms with Crippen molar-refractivity contribution in [3.8, 4) is 11.5 Å². The molecule has 1 fully saturated rings. The van der Waals surface area contributed by atoms with E-state index in [0.717, 1.165) is 41.0 Å². The first-order chi connectivity index (χ1) is 10.7. The molecule has 1 aliphatic rings. The summed E-state index contributed by atoms with van der Waals surface area (Å²) in [7, 11) is 3.34. The molecule has 1 aromatic heterocycles. The standard InChI is InChI=1S/C16H21N3O2S/c1-11-17-18-16(22-11)10-19-8-4-5-13(19)12-6-7-14(20-2)15(9-12)21-3/h6-7,9,13H,4-5,8,10H2,1-3H3. The van der Waals surface area contributed by atoms with Gasteiger partial charge in [-0.2, -0.15) is 0 Å². The van der Waals surface area contributed by atoms with Gasteiger partial charge in [0.2, 0.25) is 0 Å². The smallest absolute Gasteiger partial charge is 0.161 e. The molecule has 0 N–H and O–H groups in total. The van der Waals surface area contributed by atoms with E-state index in [1.54, 1.807) is 25.6 Å². The van der Waals surface area contributed by atoms with Crippen molar-refractivity contribution in [1.29, 1.82) is 0 Å². The molecule has 0 amide bonds. The fourth-order valence-corrected chi connectivity index (χ4v) is 3.76. The van der Waals surface area contributed by atoms with E-state index < -0.39 is 0 Å². The Morgan fingerprint density at radius 1 is 1.23 bits per heavy atom. The molecule has 0 radical (unpaired) electrons. The van der Waals surface area contributed by atoms with Gasteiger partial charge in [-0.1, -0.05) is 6.07 Å². The molecular formula is C16H21N3O2S. The predicted octanol–water partition coefficient (Wildman–Crippen LogP) is 3.20. The lowest BCUT2D eigenvalue weighted by Gasteiger charge is -2.24. The van der Waals surface area contributed by atoms with Crippen LogP contribution in [0.3, 0.4) is 0 Å². The number of ether oxygens (including phenoxy) is 2. The van der Waals surface area contributed by atoms with E-state index in [1.165, 1.54) is 12.0 Å². The molecule has 6 heteroatoms. The molecule has 0 aliphatic carbocycles. The van der Waals surface area contributed by atoms with E-state index in [4.69, 9.17) is 9.47 Å². The van der Waals surface area contributed by atoms with Gasteiger partial charge >= 0.3 is 0 Å². The van der Waals surface area contributed by atoms with Crippen LogP contribution in [0.15, 0.2) is 18.2 Å². The second-order valence-corrected chi connectivity index (χ2v) is 6.72. The summed E-state index contributed by atoms with van der Waals surface area (Å²) in [4.78, 5) is 2.47. The third kappa shape index (κ3) is 3.08. The molecule has 0 spiro atoms. The number of rotatable bonds is 5. The highest BCUT2D eigenvalue weighted by Crippen LogP contribution is 2.37. The summed E-state index contributed by atoms with van der Waals surface area (Å²) < 4.78 is 10.8. The maximum atomic E-state index is 5.43. The quantitative estimate of drug-likeness (QED) is 0.847. The lowest BCUT2D eigenvalue weighted by molar-refractivity contribution is 0.246. The highest BCUT2D eigenvalue weighted by molar-refractivity contribution is 7.11. The lowest BCUT2D eigenvalue weighted by Crippen LogP contribution is -2.22. The largest absolute Gasteiger partial charge is 0.493 e. The van der Waals surface area contributed by atoms with Crippen LogP contribution < -0.4 is 9.47 Å². The van der Waals surface area contributed by atoms with Crippen molar-refractivity contribution in [1.82, 2.24) is 15.1 Å². The van der Waals surface area contributed by atoms with Gasteiger partial charge in [0.15, 0.2) is 11.5 Å². The average Bonchev–Trinajstić information content (AvgIpc) is 3.16. The van der Waals surface area contributed by atoms with Gasteiger partial charge in [-0.3, -0.25) is 4.90 Å². The van der Waals surface area contributed by atoms with Crippen LogP contribution in [0.25, 0.3) is 0 Å². The van der Waals surface area contributed by atoms with Gasteiger partial charge in [-0.05, 0) is 44.0 Å². The Morgan fingerprint density at radius 3 is 2.73 bits per heavy atom. The van der Waals surface area contributed by atoms with E-state index in [-0.39, 0.29) is 0 Å². The summed E-state index contributed by atoms with van der Waals surface area (Å²) in [5, 5.41) is 10.5. The average molecular weight is 319 g/mol. The van der Waals surface area contributed by atoms with Crippen LogP contribution >= 0.6 is 11.3 Å². The van der Waals surface area contributed by atoms with Gasteiger partial charge in [-0.25, -0.2) is 0 Å². The molecule has 2 aromatic rings. The first-order valence-corrected chi connectivity index (χ1v) is 8.28. The fourth-order valence-electron chi connectivity index (χ4n) is 3.03. The number of hydrogen-bond acceptors (Lipinski definition) is 6. The Bertz CT molecular complexity index is 644. The van der Waals surface area contributed by atoms with E-state index in [1.807, 2.05) is 13.0 Å². The second-order valence-electron chi connectivity index (χ2n) is 5.46. The predicted molar refractivity (Wildman–Crippen MR) is 86.6 cm³/mol. The van der Waals surface area contributed by atoms with Crippen molar-refractivity contribution in [2.24, 2.45) is 0 Å². The maximum Gasteiger partial charge on any atom is 0.161 e. The van der Waals surface area contributed by atoms with Crippen molar-refractivity contribution in [2.75, 3.05) is 20.8 Å². The molecule has 0 bridgehead atoms. The number of likely N-dealkylation sites (tertiary alicyclic amines) is 1. The van der Waals surface area contributed by atoms with Gasteiger partial charge in [0, 0.05) is 6.04 Å². The Labute approximate surface area is 134 Å². The minimum absolute atomic E-state index is 0.406. The number of aryl methyl sites for hydroxylation is 1. The van der Waals surface area contributed by atoms with Crippen molar-refractivity contribution < 1.29 is 9.47 Å². The number of nitrogens with zero attached hydrogens (tertiary/aromatic N) is 3. The molecular weight excluding hydrogens is 298 g/mol. The highest BCUT2D eigenvalue weighted by Gasteiger charge is 2.27. The van der Waals surface area contributed by atoms with Crippen LogP contribution in [-0.4, -0.2) is 35.9 Å². The zero-order valence-electron chi connectivity index (χ0n) is 13.2. The van der Waals surface area contributed by atoms with Crippen LogP contribution in [-0.2, 0) is 6.54 Å². The van der Waals surface area contributed by atoms with Crippen molar-refractivity contribution in [3.63, 3.8) is 0 Å². The SMILES string of the molecule is COc1ccc(C2CCCN2Cc2nnc(C)s2)cc1OC. The molecule has 1 unspecified atom stereocenters. The second kappa shape index (κ2) is 6.62. The summed E-state index contributed by atoms with van der Waals surface area (Å²) in [5.74, 6) is 1.56. The van der Waals surface area contributed by atoms with Crippen molar-refractivity contribution >= 4 is 11.3 Å². The van der Waals surface area contributed by atoms with Crippen LogP contribution in [0.2, 0.25) is 0 Å². The summed E-state index contributed by atoms with van der Waals surface area (Å²) in [5.41, 5.74) is 1.27. The number of aromatic nitrogens is 2. The Hall–Kier alpha value is -1.66. The Balaban J connectivity index is 1.80. The van der Waals surface area contributed by atoms with Gasteiger partial charge < -0.3 is 9.47 Å². The molecule has 5 nitrogen and oxygen atoms in total. The fraction of sp³-hybridized carbons (Fsp3) is 0.500. The monoisotopic (exact) mass is 319 g/mol. The molecule has 0 saturated carbocycles. The number of benzene rings is 1. The lowest BCUT2D eigenvalue weighted by atomic mass is 10.0. The molecule has 1 atom stereocenters. The Morgan fingerprint density at radius 2 is 2.05 bits per heavy atom. The third-order valence-electron chi connectivity index (χ3n) is 4.06. The van der Waals surface area contributed by atoms with E-state index >= 15 is 0 Å². The first-order valence-electron chi connectivity index (χ1n) is 7.46.